The van der Waals surface area contributed by atoms with E-state index in [9.17, 15) is 10.1 Å². The van der Waals surface area contributed by atoms with Crippen molar-refractivity contribution in [2.75, 3.05) is 38.1 Å². The van der Waals surface area contributed by atoms with E-state index in [2.05, 4.69) is 16.8 Å². The number of nitro groups is 1. The largest absolute Gasteiger partial charge is 0.369 e. The lowest BCUT2D eigenvalue weighted by Crippen LogP contribution is -2.44. The van der Waals surface area contributed by atoms with Crippen molar-refractivity contribution < 1.29 is 4.92 Å². The van der Waals surface area contributed by atoms with E-state index in [-0.39, 0.29) is 4.92 Å². The Balaban J connectivity index is 0.000000774. The molecule has 5 nitrogen and oxygen atoms in total. The quantitative estimate of drug-likeness (QED) is 0.633. The number of nitro benzene ring substituents is 1. The van der Waals surface area contributed by atoms with Gasteiger partial charge in [-0.2, -0.15) is 0 Å². The maximum absolute atomic E-state index is 11.1. The zero-order valence-electron chi connectivity index (χ0n) is 13.2. The minimum atomic E-state index is -0.249. The van der Waals surface area contributed by atoms with E-state index >= 15 is 0 Å². The van der Waals surface area contributed by atoms with Gasteiger partial charge in [-0.1, -0.05) is 13.8 Å². The summed E-state index contributed by atoms with van der Waals surface area (Å²) in [4.78, 5) is 15.5. The van der Waals surface area contributed by atoms with Crippen LogP contribution in [0.5, 0.6) is 0 Å². The van der Waals surface area contributed by atoms with Crippen molar-refractivity contribution in [1.29, 1.82) is 0 Å². The van der Waals surface area contributed by atoms with Gasteiger partial charge >= 0.3 is 0 Å². The molecule has 1 aliphatic carbocycles. The van der Waals surface area contributed by atoms with Gasteiger partial charge in [0.1, 0.15) is 0 Å². The predicted molar refractivity (Wildman–Crippen MR) is 86.1 cm³/mol. The average molecular weight is 291 g/mol. The summed E-state index contributed by atoms with van der Waals surface area (Å²) in [6.07, 6.45) is 2.18. The molecule has 0 aromatic heterocycles. The molecular weight excluding hydrogens is 266 g/mol. The first-order valence-corrected chi connectivity index (χ1v) is 7.87. The van der Waals surface area contributed by atoms with Gasteiger partial charge in [0.2, 0.25) is 0 Å². The van der Waals surface area contributed by atoms with Crippen LogP contribution in [0.25, 0.3) is 0 Å². The molecule has 2 fully saturated rings. The molecule has 0 atom stereocenters. The molecule has 1 saturated heterocycles. The summed E-state index contributed by atoms with van der Waals surface area (Å²) in [6.45, 7) is 8.10. The van der Waals surface area contributed by atoms with Crippen LogP contribution in [-0.2, 0) is 0 Å². The molecule has 0 bridgehead atoms. The number of likely N-dealkylation sites (N-methyl/N-ethyl adjacent to an activating group) is 1. The molecule has 1 aromatic carbocycles. The second-order valence-electron chi connectivity index (χ2n) is 5.56. The van der Waals surface area contributed by atoms with Gasteiger partial charge in [0.15, 0.2) is 0 Å². The Kier molecular flexibility index (Phi) is 5.17. The van der Waals surface area contributed by atoms with E-state index in [0.29, 0.717) is 11.6 Å². The van der Waals surface area contributed by atoms with E-state index in [1.807, 2.05) is 26.0 Å². The van der Waals surface area contributed by atoms with Crippen molar-refractivity contribution >= 4 is 11.4 Å². The Morgan fingerprint density at radius 2 is 1.76 bits per heavy atom. The minimum Gasteiger partial charge on any atom is -0.369 e. The molecule has 0 amide bonds. The Bertz CT molecular complexity index is 492. The third-order valence-corrected chi connectivity index (χ3v) is 4.09. The summed E-state index contributed by atoms with van der Waals surface area (Å²) in [5.41, 5.74) is 2.36. The fourth-order valence-corrected chi connectivity index (χ4v) is 2.69. The second-order valence-corrected chi connectivity index (χ2v) is 5.56. The number of piperazine rings is 1. The molecule has 0 unspecified atom stereocenters. The second kappa shape index (κ2) is 6.89. The number of hydrogen-bond donors (Lipinski definition) is 0. The van der Waals surface area contributed by atoms with Crippen LogP contribution in [0.3, 0.4) is 0 Å². The summed E-state index contributed by atoms with van der Waals surface area (Å²) in [6, 6.07) is 5.62. The van der Waals surface area contributed by atoms with Gasteiger partial charge in [-0.25, -0.2) is 0 Å². The molecule has 0 N–H and O–H groups in total. The van der Waals surface area contributed by atoms with Crippen molar-refractivity contribution in [2.24, 2.45) is 0 Å². The first kappa shape index (κ1) is 15.8. The zero-order chi connectivity index (χ0) is 15.4. The van der Waals surface area contributed by atoms with E-state index in [1.54, 1.807) is 6.07 Å². The smallest absolute Gasteiger partial charge is 0.273 e. The van der Waals surface area contributed by atoms with Crippen LogP contribution >= 0.6 is 0 Å². The maximum Gasteiger partial charge on any atom is 0.273 e. The summed E-state index contributed by atoms with van der Waals surface area (Å²) < 4.78 is 0. The van der Waals surface area contributed by atoms with Crippen molar-refractivity contribution in [3.63, 3.8) is 0 Å². The van der Waals surface area contributed by atoms with Crippen molar-refractivity contribution in [3.8, 4) is 0 Å². The molecule has 1 heterocycles. The first-order chi connectivity index (χ1) is 10.1. The average Bonchev–Trinajstić information content (AvgIpc) is 3.34. The Labute approximate surface area is 126 Å². The highest BCUT2D eigenvalue weighted by Gasteiger charge is 2.31. The summed E-state index contributed by atoms with van der Waals surface area (Å²) in [5, 5.41) is 11.1. The van der Waals surface area contributed by atoms with E-state index in [4.69, 9.17) is 0 Å². The minimum absolute atomic E-state index is 0.249. The molecule has 21 heavy (non-hydrogen) atoms. The summed E-state index contributed by atoms with van der Waals surface area (Å²) in [7, 11) is 2.13. The lowest BCUT2D eigenvalue weighted by atomic mass is 10.1. The summed E-state index contributed by atoms with van der Waals surface area (Å²) in [5.74, 6) is 0.410. The third-order valence-electron chi connectivity index (χ3n) is 4.09. The normalized spacial score (nSPS) is 18.9. The van der Waals surface area contributed by atoms with Gasteiger partial charge in [0.25, 0.3) is 5.69 Å². The van der Waals surface area contributed by atoms with Gasteiger partial charge in [0.05, 0.1) is 4.92 Å². The van der Waals surface area contributed by atoms with Gasteiger partial charge in [0, 0.05) is 43.5 Å². The SMILES string of the molecule is CC.CN1CCN(c2ccc([N+](=O)[O-])c(C3CC3)c2)CC1. The number of rotatable bonds is 3. The van der Waals surface area contributed by atoms with Gasteiger partial charge in [-0.15, -0.1) is 0 Å². The van der Waals surface area contributed by atoms with Crippen molar-refractivity contribution in [1.82, 2.24) is 4.90 Å². The van der Waals surface area contributed by atoms with Crippen molar-refractivity contribution in [2.45, 2.75) is 32.6 Å². The number of anilines is 1. The van der Waals surface area contributed by atoms with Gasteiger partial charge < -0.3 is 9.80 Å². The fraction of sp³-hybridized carbons (Fsp3) is 0.625. The highest BCUT2D eigenvalue weighted by molar-refractivity contribution is 5.58. The molecule has 0 radical (unpaired) electrons. The number of hydrogen-bond acceptors (Lipinski definition) is 4. The lowest BCUT2D eigenvalue weighted by molar-refractivity contribution is -0.385. The molecule has 1 aromatic rings. The molecule has 5 heteroatoms. The van der Waals surface area contributed by atoms with Crippen LogP contribution < -0.4 is 4.90 Å². The van der Waals surface area contributed by atoms with Crippen LogP contribution in [0.2, 0.25) is 0 Å². The molecule has 3 rings (SSSR count). The molecule has 1 saturated carbocycles. The highest BCUT2D eigenvalue weighted by Crippen LogP contribution is 2.45. The third kappa shape index (κ3) is 3.73. The topological polar surface area (TPSA) is 49.6 Å². The Hall–Kier alpha value is -1.62. The monoisotopic (exact) mass is 291 g/mol. The predicted octanol–water partition coefficient (Wildman–Crippen LogP) is 3.25. The Morgan fingerprint density at radius 1 is 1.14 bits per heavy atom. The van der Waals surface area contributed by atoms with Crippen molar-refractivity contribution in [3.05, 3.63) is 33.9 Å². The maximum atomic E-state index is 11.1. The van der Waals surface area contributed by atoms with Crippen LogP contribution in [0.1, 0.15) is 38.2 Å². The number of benzene rings is 1. The van der Waals surface area contributed by atoms with Crippen LogP contribution in [0.15, 0.2) is 18.2 Å². The van der Waals surface area contributed by atoms with Gasteiger partial charge in [-0.3, -0.25) is 10.1 Å². The molecule has 116 valence electrons. The molecular formula is C16H25N3O2. The molecule has 1 aliphatic heterocycles. The van der Waals surface area contributed by atoms with Crippen LogP contribution in [0, 0.1) is 10.1 Å². The van der Waals surface area contributed by atoms with E-state index < -0.39 is 0 Å². The molecule has 0 spiro atoms. The number of nitrogens with zero attached hydrogens (tertiary/aromatic N) is 3. The van der Waals surface area contributed by atoms with Gasteiger partial charge in [-0.05, 0) is 37.9 Å². The van der Waals surface area contributed by atoms with E-state index in [0.717, 1.165) is 50.3 Å². The van der Waals surface area contributed by atoms with E-state index in [1.165, 1.54) is 0 Å². The highest BCUT2D eigenvalue weighted by atomic mass is 16.6. The fourth-order valence-electron chi connectivity index (χ4n) is 2.69. The Morgan fingerprint density at radius 3 is 2.29 bits per heavy atom. The lowest BCUT2D eigenvalue weighted by Gasteiger charge is -2.34. The van der Waals surface area contributed by atoms with Crippen LogP contribution in [0.4, 0.5) is 11.4 Å². The zero-order valence-corrected chi connectivity index (χ0v) is 13.2. The molecule has 2 aliphatic rings. The summed E-state index contributed by atoms with van der Waals surface area (Å²) >= 11 is 0. The first-order valence-electron chi connectivity index (χ1n) is 7.87. The van der Waals surface area contributed by atoms with Crippen LogP contribution in [-0.4, -0.2) is 43.0 Å². The standard InChI is InChI=1S/C14H19N3O2.C2H6/c1-15-6-8-16(9-7-15)12-4-5-14(17(18)19)13(10-12)11-2-3-11;1-2/h4-5,10-11H,2-3,6-9H2,1H3;1-2H3.